The molecule has 3 rings (SSSR count). The Bertz CT molecular complexity index is 714. The quantitative estimate of drug-likeness (QED) is 0.763. The summed E-state index contributed by atoms with van der Waals surface area (Å²) in [5.41, 5.74) is 1.19. The molecule has 1 aromatic carbocycles. The van der Waals surface area contributed by atoms with Gasteiger partial charge in [0.1, 0.15) is 15.8 Å². The molecule has 2 amide bonds. The Morgan fingerprint density at radius 3 is 2.69 bits per heavy atom. The number of rotatable bonds is 6. The molecule has 6 nitrogen and oxygen atoms in total. The van der Waals surface area contributed by atoms with Gasteiger partial charge in [-0.05, 0) is 30.5 Å². The number of nitrogens with one attached hydrogen (secondary N) is 1. The predicted octanol–water partition coefficient (Wildman–Crippen LogP) is 3.27. The Morgan fingerprint density at radius 2 is 2.04 bits per heavy atom. The maximum absolute atomic E-state index is 12.0. The number of aromatic nitrogens is 2. The van der Waals surface area contributed by atoms with Crippen LogP contribution in [0.3, 0.4) is 0 Å². The van der Waals surface area contributed by atoms with Crippen molar-refractivity contribution in [2.45, 2.75) is 25.2 Å². The molecule has 1 aliphatic rings. The zero-order valence-electron chi connectivity index (χ0n) is 14.8. The number of alkyl halides is 1. The largest absolute Gasteiger partial charge is 0.497 e. The van der Waals surface area contributed by atoms with Crippen molar-refractivity contribution >= 4 is 29.0 Å². The monoisotopic (exact) mass is 394 g/mol. The van der Waals surface area contributed by atoms with Crippen LogP contribution < -0.4 is 10.1 Å². The number of methoxy groups -OCH3 is 1. The van der Waals surface area contributed by atoms with Crippen molar-refractivity contribution in [1.82, 2.24) is 20.4 Å². The lowest BCUT2D eigenvalue weighted by molar-refractivity contribution is 0.182. The van der Waals surface area contributed by atoms with E-state index in [9.17, 15) is 4.79 Å². The van der Waals surface area contributed by atoms with Crippen LogP contribution in [0, 0.1) is 0 Å². The summed E-state index contributed by atoms with van der Waals surface area (Å²) in [6.45, 7) is 1.99. The molecule has 0 bridgehead atoms. The Hall–Kier alpha value is -1.86. The standard InChI is InChI=1S/C18H23ClN4O2S/c1-25-15-4-2-13(3-5-15)12-16-21-22-17(26-16)14-6-10-23(11-7-14)18(24)20-9-8-19/h2-5,14H,6-12H2,1H3,(H,20,24). The second kappa shape index (κ2) is 9.19. The first kappa shape index (κ1) is 18.9. The van der Waals surface area contributed by atoms with Crippen LogP contribution in [0.4, 0.5) is 4.79 Å². The van der Waals surface area contributed by atoms with Gasteiger partial charge in [-0.3, -0.25) is 0 Å². The third-order valence-corrected chi connectivity index (χ3v) is 5.77. The summed E-state index contributed by atoms with van der Waals surface area (Å²) in [6.07, 6.45) is 2.62. The van der Waals surface area contributed by atoms with E-state index in [1.54, 1.807) is 18.4 Å². The SMILES string of the molecule is COc1ccc(Cc2nnc(C3CCN(C(=O)NCCCl)CC3)s2)cc1. The topological polar surface area (TPSA) is 67.4 Å². The highest BCUT2D eigenvalue weighted by Gasteiger charge is 2.26. The van der Waals surface area contributed by atoms with Gasteiger partial charge in [-0.1, -0.05) is 12.1 Å². The van der Waals surface area contributed by atoms with Crippen LogP contribution >= 0.6 is 22.9 Å². The lowest BCUT2D eigenvalue weighted by Crippen LogP contribution is -2.44. The zero-order valence-corrected chi connectivity index (χ0v) is 16.4. The first-order chi connectivity index (χ1) is 12.7. The minimum atomic E-state index is -0.0263. The zero-order chi connectivity index (χ0) is 18.4. The van der Waals surface area contributed by atoms with E-state index in [0.29, 0.717) is 18.3 Å². The molecule has 2 heterocycles. The van der Waals surface area contributed by atoms with Gasteiger partial charge in [0.25, 0.3) is 0 Å². The summed E-state index contributed by atoms with van der Waals surface area (Å²) in [6, 6.07) is 8.00. The summed E-state index contributed by atoms with van der Waals surface area (Å²) >= 11 is 7.29. The molecule has 1 fully saturated rings. The van der Waals surface area contributed by atoms with E-state index in [2.05, 4.69) is 27.6 Å². The van der Waals surface area contributed by atoms with E-state index in [1.165, 1.54) is 5.56 Å². The maximum atomic E-state index is 12.0. The molecule has 0 unspecified atom stereocenters. The van der Waals surface area contributed by atoms with Crippen molar-refractivity contribution in [3.8, 4) is 5.75 Å². The van der Waals surface area contributed by atoms with E-state index in [0.717, 1.165) is 48.1 Å². The number of piperidine rings is 1. The highest BCUT2D eigenvalue weighted by molar-refractivity contribution is 7.11. The Balaban J connectivity index is 1.52. The molecular formula is C18H23ClN4O2S. The molecule has 2 aromatic rings. The summed E-state index contributed by atoms with van der Waals surface area (Å²) in [4.78, 5) is 13.8. The van der Waals surface area contributed by atoms with Crippen molar-refractivity contribution < 1.29 is 9.53 Å². The lowest BCUT2D eigenvalue weighted by Gasteiger charge is -2.30. The molecule has 0 aliphatic carbocycles. The van der Waals surface area contributed by atoms with E-state index in [4.69, 9.17) is 16.3 Å². The number of likely N-dealkylation sites (tertiary alicyclic amines) is 1. The first-order valence-electron chi connectivity index (χ1n) is 8.73. The molecule has 0 saturated carbocycles. The molecule has 1 saturated heterocycles. The van der Waals surface area contributed by atoms with Gasteiger partial charge < -0.3 is 15.0 Å². The highest BCUT2D eigenvalue weighted by atomic mass is 35.5. The van der Waals surface area contributed by atoms with Crippen LogP contribution in [-0.2, 0) is 6.42 Å². The van der Waals surface area contributed by atoms with E-state index in [-0.39, 0.29) is 6.03 Å². The second-order valence-electron chi connectivity index (χ2n) is 6.24. The maximum Gasteiger partial charge on any atom is 0.317 e. The van der Waals surface area contributed by atoms with Crippen LogP contribution in [0.15, 0.2) is 24.3 Å². The Kier molecular flexibility index (Phi) is 6.68. The number of carbonyl (C=O) groups excluding carboxylic acids is 1. The number of ether oxygens (including phenoxy) is 1. The van der Waals surface area contributed by atoms with Gasteiger partial charge >= 0.3 is 6.03 Å². The molecule has 8 heteroatoms. The number of carbonyl (C=O) groups is 1. The Labute approximate surface area is 162 Å². The fourth-order valence-corrected chi connectivity index (χ4v) is 4.16. The summed E-state index contributed by atoms with van der Waals surface area (Å²) in [7, 11) is 1.67. The molecule has 1 aromatic heterocycles. The van der Waals surface area contributed by atoms with Crippen LogP contribution in [0.5, 0.6) is 5.75 Å². The first-order valence-corrected chi connectivity index (χ1v) is 10.1. The smallest absolute Gasteiger partial charge is 0.317 e. The molecule has 26 heavy (non-hydrogen) atoms. The number of hydrogen-bond donors (Lipinski definition) is 1. The molecule has 1 N–H and O–H groups in total. The van der Waals surface area contributed by atoms with Crippen LogP contribution in [0.2, 0.25) is 0 Å². The van der Waals surface area contributed by atoms with E-state index < -0.39 is 0 Å². The minimum Gasteiger partial charge on any atom is -0.497 e. The fraction of sp³-hybridized carbons (Fsp3) is 0.500. The normalized spacial score (nSPS) is 15.1. The Morgan fingerprint density at radius 1 is 1.31 bits per heavy atom. The minimum absolute atomic E-state index is 0.0263. The van der Waals surface area contributed by atoms with Crippen molar-refractivity contribution in [2.75, 3.05) is 32.6 Å². The van der Waals surface area contributed by atoms with E-state index >= 15 is 0 Å². The van der Waals surface area contributed by atoms with E-state index in [1.807, 2.05) is 17.0 Å². The third kappa shape index (κ3) is 4.86. The molecular weight excluding hydrogens is 372 g/mol. The average molecular weight is 395 g/mol. The van der Waals surface area contributed by atoms with Crippen LogP contribution in [0.25, 0.3) is 0 Å². The summed E-state index contributed by atoms with van der Waals surface area (Å²) in [5.74, 6) is 1.67. The molecule has 0 spiro atoms. The van der Waals surface area contributed by atoms with Gasteiger partial charge in [0.05, 0.1) is 7.11 Å². The van der Waals surface area contributed by atoms with Crippen molar-refractivity contribution in [2.24, 2.45) is 0 Å². The van der Waals surface area contributed by atoms with Crippen LogP contribution in [-0.4, -0.2) is 53.8 Å². The predicted molar refractivity (Wildman–Crippen MR) is 103 cm³/mol. The summed E-state index contributed by atoms with van der Waals surface area (Å²) < 4.78 is 5.19. The number of urea groups is 1. The molecule has 1 aliphatic heterocycles. The highest BCUT2D eigenvalue weighted by Crippen LogP contribution is 2.30. The lowest BCUT2D eigenvalue weighted by atomic mass is 9.98. The summed E-state index contributed by atoms with van der Waals surface area (Å²) in [5, 5.41) is 13.7. The number of nitrogens with zero attached hydrogens (tertiary/aromatic N) is 3. The second-order valence-corrected chi connectivity index (χ2v) is 7.71. The average Bonchev–Trinajstić information content (AvgIpc) is 3.15. The number of benzene rings is 1. The molecule has 0 atom stereocenters. The van der Waals surface area contributed by atoms with Gasteiger partial charge in [0, 0.05) is 37.9 Å². The molecule has 0 radical (unpaired) electrons. The van der Waals surface area contributed by atoms with Crippen LogP contribution in [0.1, 0.15) is 34.3 Å². The van der Waals surface area contributed by atoms with Crippen molar-refractivity contribution in [3.63, 3.8) is 0 Å². The van der Waals surface area contributed by atoms with Crippen molar-refractivity contribution in [3.05, 3.63) is 39.8 Å². The van der Waals surface area contributed by atoms with Gasteiger partial charge in [-0.15, -0.1) is 33.1 Å². The number of hydrogen-bond acceptors (Lipinski definition) is 5. The third-order valence-electron chi connectivity index (χ3n) is 4.50. The number of amides is 2. The van der Waals surface area contributed by atoms with Gasteiger partial charge in [0.15, 0.2) is 0 Å². The van der Waals surface area contributed by atoms with Gasteiger partial charge in [-0.2, -0.15) is 0 Å². The molecule has 140 valence electrons. The number of halogens is 1. The van der Waals surface area contributed by atoms with Gasteiger partial charge in [-0.25, -0.2) is 4.79 Å². The van der Waals surface area contributed by atoms with Crippen molar-refractivity contribution in [1.29, 1.82) is 0 Å². The fourth-order valence-electron chi connectivity index (χ4n) is 3.02. The van der Waals surface area contributed by atoms with Gasteiger partial charge in [0.2, 0.25) is 0 Å².